The number of hydrogen-bond acceptors (Lipinski definition) is 2. The van der Waals surface area contributed by atoms with Gasteiger partial charge in [-0.15, -0.1) is 0 Å². The van der Waals surface area contributed by atoms with E-state index in [1.54, 1.807) is 0 Å². The molecule has 0 aromatic heterocycles. The molecular weight excluding hydrogens is 222 g/mol. The monoisotopic (exact) mass is 253 g/mol. The fourth-order valence-electron chi connectivity index (χ4n) is 3.98. The standard InChI is InChI=1S/C16H31NO/c1-4-17-16(14-7-5-12(2)6-8-14)15-9-10-18-11-13(15)3/h12-17H,4-11H2,1-3H3. The van der Waals surface area contributed by atoms with Crippen molar-refractivity contribution in [2.45, 2.75) is 58.9 Å². The third kappa shape index (κ3) is 3.48. The van der Waals surface area contributed by atoms with Crippen molar-refractivity contribution in [2.75, 3.05) is 19.8 Å². The highest BCUT2D eigenvalue weighted by Gasteiger charge is 2.35. The maximum atomic E-state index is 5.62. The minimum atomic E-state index is 0.724. The first kappa shape index (κ1) is 14.3. The van der Waals surface area contributed by atoms with Gasteiger partial charge in [0.1, 0.15) is 0 Å². The lowest BCUT2D eigenvalue weighted by Crippen LogP contribution is -2.48. The van der Waals surface area contributed by atoms with Gasteiger partial charge in [-0.1, -0.05) is 33.6 Å². The number of hydrogen-bond donors (Lipinski definition) is 1. The fourth-order valence-corrected chi connectivity index (χ4v) is 3.98. The van der Waals surface area contributed by atoms with E-state index in [0.717, 1.165) is 49.5 Å². The molecule has 2 heteroatoms. The van der Waals surface area contributed by atoms with Crippen LogP contribution in [-0.2, 0) is 4.74 Å². The Labute approximate surface area is 113 Å². The summed E-state index contributed by atoms with van der Waals surface area (Å²) in [7, 11) is 0. The van der Waals surface area contributed by atoms with Crippen molar-refractivity contribution in [3.8, 4) is 0 Å². The van der Waals surface area contributed by atoms with E-state index < -0.39 is 0 Å². The van der Waals surface area contributed by atoms with Crippen LogP contribution < -0.4 is 5.32 Å². The zero-order valence-corrected chi connectivity index (χ0v) is 12.5. The van der Waals surface area contributed by atoms with E-state index in [9.17, 15) is 0 Å². The molecule has 0 bridgehead atoms. The zero-order chi connectivity index (χ0) is 13.0. The lowest BCUT2D eigenvalue weighted by molar-refractivity contribution is -0.00196. The molecule has 1 N–H and O–H groups in total. The van der Waals surface area contributed by atoms with Crippen LogP contribution in [0.15, 0.2) is 0 Å². The molecule has 0 aromatic carbocycles. The molecule has 0 amide bonds. The van der Waals surface area contributed by atoms with Crippen molar-refractivity contribution >= 4 is 0 Å². The van der Waals surface area contributed by atoms with Crippen LogP contribution in [0.5, 0.6) is 0 Å². The van der Waals surface area contributed by atoms with Gasteiger partial charge < -0.3 is 10.1 Å². The highest BCUT2D eigenvalue weighted by molar-refractivity contribution is 4.89. The molecule has 2 nitrogen and oxygen atoms in total. The van der Waals surface area contributed by atoms with E-state index in [4.69, 9.17) is 4.74 Å². The van der Waals surface area contributed by atoms with Gasteiger partial charge in [0.05, 0.1) is 0 Å². The Morgan fingerprint density at radius 1 is 1.11 bits per heavy atom. The van der Waals surface area contributed by atoms with Gasteiger partial charge in [0.25, 0.3) is 0 Å². The molecule has 1 aliphatic heterocycles. The Morgan fingerprint density at radius 3 is 2.44 bits per heavy atom. The fraction of sp³-hybridized carbons (Fsp3) is 1.00. The third-order valence-corrected chi connectivity index (χ3v) is 5.18. The van der Waals surface area contributed by atoms with Crippen LogP contribution in [0, 0.1) is 23.7 Å². The topological polar surface area (TPSA) is 21.3 Å². The van der Waals surface area contributed by atoms with Crippen LogP contribution in [0.1, 0.15) is 52.9 Å². The van der Waals surface area contributed by atoms with Crippen molar-refractivity contribution < 1.29 is 4.74 Å². The number of nitrogens with one attached hydrogen (secondary N) is 1. The predicted octanol–water partition coefficient (Wildman–Crippen LogP) is 3.46. The first-order chi connectivity index (χ1) is 8.72. The van der Waals surface area contributed by atoms with Crippen molar-refractivity contribution in [3.63, 3.8) is 0 Å². The van der Waals surface area contributed by atoms with E-state index in [1.165, 1.54) is 32.1 Å². The van der Waals surface area contributed by atoms with Gasteiger partial charge >= 0.3 is 0 Å². The molecule has 0 aromatic rings. The van der Waals surface area contributed by atoms with Crippen LogP contribution in [0.25, 0.3) is 0 Å². The van der Waals surface area contributed by atoms with Gasteiger partial charge in [-0.05, 0) is 49.5 Å². The number of ether oxygens (including phenoxy) is 1. The third-order valence-electron chi connectivity index (χ3n) is 5.18. The molecule has 2 rings (SSSR count). The van der Waals surface area contributed by atoms with Gasteiger partial charge in [0.2, 0.25) is 0 Å². The Hall–Kier alpha value is -0.0800. The molecular formula is C16H31NO. The largest absolute Gasteiger partial charge is 0.381 e. The average Bonchev–Trinajstić information content (AvgIpc) is 2.38. The average molecular weight is 253 g/mol. The van der Waals surface area contributed by atoms with E-state index in [-0.39, 0.29) is 0 Å². The van der Waals surface area contributed by atoms with Crippen LogP contribution in [0.3, 0.4) is 0 Å². The molecule has 2 fully saturated rings. The molecule has 106 valence electrons. The molecule has 1 aliphatic carbocycles. The first-order valence-corrected chi connectivity index (χ1v) is 8.03. The summed E-state index contributed by atoms with van der Waals surface area (Å²) < 4.78 is 5.62. The van der Waals surface area contributed by atoms with Gasteiger partial charge in [-0.2, -0.15) is 0 Å². The first-order valence-electron chi connectivity index (χ1n) is 8.03. The Kier molecular flexibility index (Phi) is 5.50. The lowest BCUT2D eigenvalue weighted by Gasteiger charge is -2.42. The van der Waals surface area contributed by atoms with Crippen LogP contribution in [0.4, 0.5) is 0 Å². The lowest BCUT2D eigenvalue weighted by atomic mass is 9.71. The highest BCUT2D eigenvalue weighted by Crippen LogP contribution is 2.36. The van der Waals surface area contributed by atoms with E-state index in [2.05, 4.69) is 26.1 Å². The van der Waals surface area contributed by atoms with Crippen molar-refractivity contribution in [1.29, 1.82) is 0 Å². The number of rotatable bonds is 4. The Morgan fingerprint density at radius 2 is 1.83 bits per heavy atom. The minimum Gasteiger partial charge on any atom is -0.381 e. The van der Waals surface area contributed by atoms with E-state index in [0.29, 0.717) is 0 Å². The van der Waals surface area contributed by atoms with Gasteiger partial charge in [-0.3, -0.25) is 0 Å². The molecule has 18 heavy (non-hydrogen) atoms. The Balaban J connectivity index is 1.97. The molecule has 0 radical (unpaired) electrons. The van der Waals surface area contributed by atoms with Crippen LogP contribution in [0.2, 0.25) is 0 Å². The van der Waals surface area contributed by atoms with Gasteiger partial charge in [0, 0.05) is 19.3 Å². The maximum absolute atomic E-state index is 5.62. The van der Waals surface area contributed by atoms with Crippen LogP contribution >= 0.6 is 0 Å². The summed E-state index contributed by atoms with van der Waals surface area (Å²) in [5.41, 5.74) is 0. The minimum absolute atomic E-state index is 0.724. The van der Waals surface area contributed by atoms with Crippen molar-refractivity contribution in [1.82, 2.24) is 5.32 Å². The second-order valence-corrected chi connectivity index (χ2v) is 6.61. The summed E-state index contributed by atoms with van der Waals surface area (Å²) in [5.74, 6) is 3.42. The Bertz CT molecular complexity index is 235. The second kappa shape index (κ2) is 6.91. The summed E-state index contributed by atoms with van der Waals surface area (Å²) in [6.45, 7) is 10.1. The van der Waals surface area contributed by atoms with Gasteiger partial charge in [0.15, 0.2) is 0 Å². The highest BCUT2D eigenvalue weighted by atomic mass is 16.5. The molecule has 1 heterocycles. The van der Waals surface area contributed by atoms with Crippen LogP contribution in [-0.4, -0.2) is 25.8 Å². The molecule has 2 aliphatic rings. The van der Waals surface area contributed by atoms with Crippen molar-refractivity contribution in [3.05, 3.63) is 0 Å². The quantitative estimate of drug-likeness (QED) is 0.828. The molecule has 1 saturated heterocycles. The molecule has 1 saturated carbocycles. The SMILES string of the molecule is CCNC(C1CCC(C)CC1)C1CCOCC1C. The second-order valence-electron chi connectivity index (χ2n) is 6.61. The normalized spacial score (nSPS) is 39.5. The van der Waals surface area contributed by atoms with E-state index >= 15 is 0 Å². The van der Waals surface area contributed by atoms with Gasteiger partial charge in [-0.25, -0.2) is 0 Å². The summed E-state index contributed by atoms with van der Waals surface area (Å²) in [6.07, 6.45) is 6.99. The summed E-state index contributed by atoms with van der Waals surface area (Å²) in [4.78, 5) is 0. The maximum Gasteiger partial charge on any atom is 0.0494 e. The summed E-state index contributed by atoms with van der Waals surface area (Å²) in [6, 6.07) is 0.737. The molecule has 3 atom stereocenters. The molecule has 3 unspecified atom stereocenters. The van der Waals surface area contributed by atoms with E-state index in [1.807, 2.05) is 0 Å². The smallest absolute Gasteiger partial charge is 0.0494 e. The zero-order valence-electron chi connectivity index (χ0n) is 12.5. The predicted molar refractivity (Wildman–Crippen MR) is 76.7 cm³/mol. The van der Waals surface area contributed by atoms with Crippen molar-refractivity contribution in [2.24, 2.45) is 23.7 Å². The molecule has 0 spiro atoms. The summed E-state index contributed by atoms with van der Waals surface area (Å²) in [5, 5.41) is 3.81. The summed E-state index contributed by atoms with van der Waals surface area (Å²) >= 11 is 0.